The lowest BCUT2D eigenvalue weighted by molar-refractivity contribution is -0.137. The third-order valence-electron chi connectivity index (χ3n) is 18.5. The Morgan fingerprint density at radius 3 is 1.73 bits per heavy atom. The summed E-state index contributed by atoms with van der Waals surface area (Å²) in [5.41, 5.74) is 8.64. The van der Waals surface area contributed by atoms with Gasteiger partial charge in [-0.3, -0.25) is 38.5 Å². The molecule has 0 saturated carbocycles. The molecule has 0 aliphatic carbocycles. The first-order chi connectivity index (χ1) is 48.3. The Bertz CT molecular complexity index is 3810. The minimum absolute atomic E-state index is 0.00644. The number of urea groups is 1. The fraction of sp³-hybridized carbons (Fsp3) is 0.444. The normalized spacial score (nSPS) is 18.3. The Kier molecular flexibility index (Phi) is 25.7. The first kappa shape index (κ1) is 75.3. The van der Waals surface area contributed by atoms with E-state index in [1.807, 2.05) is 13.8 Å². The van der Waals surface area contributed by atoms with Crippen LogP contribution in [0.15, 0.2) is 109 Å². The van der Waals surface area contributed by atoms with Gasteiger partial charge in [-0.15, -0.1) is 0 Å². The van der Waals surface area contributed by atoms with Crippen molar-refractivity contribution in [2.45, 2.75) is 148 Å². The Labute approximate surface area is 584 Å². The van der Waals surface area contributed by atoms with Gasteiger partial charge in [-0.1, -0.05) is 93.1 Å². The molecule has 0 spiro atoms. The number of Topliss-reactive ketones (excluding diaryl/α,β-unsaturated/α-hetero) is 2. The molecule has 9 N–H and O–H groups in total. The van der Waals surface area contributed by atoms with Gasteiger partial charge >= 0.3 is 25.3 Å². The smallest absolute Gasteiger partial charge is 0.488 e. The van der Waals surface area contributed by atoms with Crippen molar-refractivity contribution in [2.75, 3.05) is 56.3 Å². The van der Waals surface area contributed by atoms with Crippen molar-refractivity contribution in [2.24, 2.45) is 17.6 Å². The van der Waals surface area contributed by atoms with Crippen LogP contribution in [-0.4, -0.2) is 184 Å². The Morgan fingerprint density at radius 2 is 1.20 bits per heavy atom. The molecule has 0 bridgehead atoms. The maximum Gasteiger partial charge on any atom is 0.488 e. The first-order valence-corrected chi connectivity index (χ1v) is 33.8. The van der Waals surface area contributed by atoms with Crippen molar-refractivity contribution in [3.8, 4) is 17.2 Å². The van der Waals surface area contributed by atoms with Crippen LogP contribution in [0.3, 0.4) is 0 Å². The number of hydrogen-bond donors (Lipinski definition) is 8. The molecule has 6 atom stereocenters. The first-order valence-electron chi connectivity index (χ1n) is 33.8. The number of anilines is 2. The van der Waals surface area contributed by atoms with Crippen molar-refractivity contribution in [3.63, 3.8) is 0 Å². The van der Waals surface area contributed by atoms with Gasteiger partial charge in [0.2, 0.25) is 5.91 Å². The summed E-state index contributed by atoms with van der Waals surface area (Å²) < 4.78 is 29.6. The lowest BCUT2D eigenvalue weighted by Gasteiger charge is -2.31. The zero-order valence-corrected chi connectivity index (χ0v) is 56.8. The number of hydrogen-bond acceptors (Lipinski definition) is 20. The summed E-state index contributed by atoms with van der Waals surface area (Å²) in [7, 11) is -0.299. The molecular weight excluding hydrogens is 1310 g/mol. The van der Waals surface area contributed by atoms with E-state index < -0.39 is 86.2 Å². The van der Waals surface area contributed by atoms with Crippen molar-refractivity contribution in [1.82, 2.24) is 25.3 Å². The summed E-state index contributed by atoms with van der Waals surface area (Å²) >= 11 is 0. The van der Waals surface area contributed by atoms with Gasteiger partial charge in [-0.2, -0.15) is 0 Å². The molecule has 9 rings (SSSR count). The van der Waals surface area contributed by atoms with Crippen LogP contribution in [0.2, 0.25) is 0 Å². The predicted octanol–water partition coefficient (Wildman–Crippen LogP) is 4.75. The molecule has 29 heteroatoms. The minimum Gasteiger partial charge on any atom is -0.493 e. The van der Waals surface area contributed by atoms with Crippen LogP contribution in [0, 0.1) is 11.8 Å². The van der Waals surface area contributed by atoms with Crippen LogP contribution in [0.1, 0.15) is 134 Å². The van der Waals surface area contributed by atoms with Crippen LogP contribution < -0.4 is 45.8 Å². The summed E-state index contributed by atoms with van der Waals surface area (Å²) in [6.07, 6.45) is 1.13. The number of imide groups is 1. The number of ether oxygens (including phenoxy) is 5. The number of carbonyl (C=O) groups is 10. The average Bonchev–Trinajstić information content (AvgIpc) is 1.62. The van der Waals surface area contributed by atoms with Gasteiger partial charge in [-0.05, 0) is 98.0 Å². The van der Waals surface area contributed by atoms with Crippen molar-refractivity contribution >= 4 is 83.3 Å². The van der Waals surface area contributed by atoms with E-state index in [-0.39, 0.29) is 178 Å². The van der Waals surface area contributed by atoms with Gasteiger partial charge in [0.1, 0.15) is 24.7 Å². The van der Waals surface area contributed by atoms with Crippen molar-refractivity contribution < 1.29 is 97.0 Å². The number of unbranched alkanes of at least 4 members (excludes halogenated alkanes) is 4. The van der Waals surface area contributed by atoms with Gasteiger partial charge < -0.3 is 75.2 Å². The Balaban J connectivity index is 0.813. The van der Waals surface area contributed by atoms with Crippen LogP contribution in [0.4, 0.5) is 25.8 Å². The van der Waals surface area contributed by atoms with E-state index in [4.69, 9.17) is 29.4 Å². The third-order valence-corrected chi connectivity index (χ3v) is 18.5. The van der Waals surface area contributed by atoms with Gasteiger partial charge in [0.15, 0.2) is 29.7 Å². The lowest BCUT2D eigenvalue weighted by atomic mass is 9.80. The molecule has 101 heavy (non-hydrogen) atoms. The van der Waals surface area contributed by atoms with Crippen LogP contribution in [0.5, 0.6) is 17.2 Å². The van der Waals surface area contributed by atoms with E-state index in [1.165, 1.54) is 65.5 Å². The molecule has 538 valence electrons. The number of fused-ring (bicyclic) bond motifs is 4. The molecule has 4 aromatic carbocycles. The molecule has 5 aliphatic heterocycles. The molecule has 0 radical (unpaired) electrons. The molecule has 5 aliphatic rings. The quantitative estimate of drug-likeness (QED) is 0.0138. The molecule has 4 aromatic rings. The number of rotatable bonds is 33. The summed E-state index contributed by atoms with van der Waals surface area (Å²) in [5.74, 6) is -3.26. The van der Waals surface area contributed by atoms with Crippen LogP contribution in [0.25, 0.3) is 0 Å². The number of carbonyl (C=O) groups excluding carboxylic acids is 10. The predicted molar refractivity (Wildman–Crippen MR) is 367 cm³/mol. The standard InChI is InChI=1S/C72H87BN8O20/c1-42(2)51(33-50(83)13-8-6-9-26-77-63(85)23-24-64(77)86)65(87)76-54(14-12-25-75-70(74)92)59(84)31-45-15-17-46(18-16-45)40-100-71(93)80-55-35-60(48(39-82)32-52(55)66(88)78-37-43(3)29-57(78)68(80)90)98-27-10-7-11-28-99-62-36-56-53(34-61(62)97-5)67(89)79-38-44(4)30-58(79)69(91)81(56)72(94)101-41-47-19-21-49(22-20-47)73(95)96/h15-24,32,34-36,42,51,54,57-58,68-69,82,90-91,95-96H,3-4,6-14,25-31,33,37-41H2,1-2,5H3,(H,76,87)(H3,74,75,92)/t51-,54-,57-,58-,68?,69?/m0/s1. The summed E-state index contributed by atoms with van der Waals surface area (Å²) in [4.78, 5) is 139. The van der Waals surface area contributed by atoms with E-state index in [0.717, 1.165) is 14.7 Å². The molecule has 2 unspecified atom stereocenters. The number of primary amides is 1. The highest BCUT2D eigenvalue weighted by Gasteiger charge is 2.48. The highest BCUT2D eigenvalue weighted by Crippen LogP contribution is 2.43. The largest absolute Gasteiger partial charge is 0.493 e. The summed E-state index contributed by atoms with van der Waals surface area (Å²) in [6, 6.07) is 14.8. The summed E-state index contributed by atoms with van der Waals surface area (Å²) in [6.45, 7) is 11.4. The number of nitrogens with one attached hydrogen (secondary N) is 2. The third kappa shape index (κ3) is 18.5. The van der Waals surface area contributed by atoms with Gasteiger partial charge in [-0.25, -0.2) is 24.2 Å². The molecular formula is C72H87BN8O20. The number of nitrogens with zero attached hydrogens (tertiary/aromatic N) is 5. The van der Waals surface area contributed by atoms with Gasteiger partial charge in [0, 0.05) is 81.2 Å². The average molecular weight is 1400 g/mol. The van der Waals surface area contributed by atoms with Crippen LogP contribution in [-0.2, 0) is 59.7 Å². The maximum absolute atomic E-state index is 14.4. The Morgan fingerprint density at radius 1 is 0.673 bits per heavy atom. The SMILES string of the molecule is C=C1C[C@H]2C(O)N(C(=O)OCc3ccc(CC(=O)[C@H](CCCNC(N)=O)NC(=O)[C@@H](CC(=O)CCCCCN4C(=O)C=CC4=O)C(C)C)cc3)c3cc(OCCCCCOc4cc5c(cc4OC)C(=O)N4CC(=C)C[C@H]4C(O)N5C(=O)OCc4ccc(B(O)O)cc4)c(CO)cc3C(=O)N2C1. The molecule has 0 aromatic heterocycles. The number of aliphatic hydroxyl groups excluding tert-OH is 3. The second-order valence-electron chi connectivity index (χ2n) is 26.1. The van der Waals surface area contributed by atoms with Gasteiger partial charge in [0.25, 0.3) is 23.6 Å². The Hall–Kier alpha value is -9.94. The van der Waals surface area contributed by atoms with E-state index in [2.05, 4.69) is 23.8 Å². The topological polar surface area (TPSA) is 384 Å². The fourth-order valence-electron chi connectivity index (χ4n) is 13.0. The zero-order chi connectivity index (χ0) is 72.8. The van der Waals surface area contributed by atoms with Crippen molar-refractivity contribution in [1.29, 1.82) is 0 Å². The van der Waals surface area contributed by atoms with Gasteiger partial charge in [0.05, 0.1) is 67.6 Å². The minimum atomic E-state index is -1.69. The molecule has 2 saturated heterocycles. The van der Waals surface area contributed by atoms with E-state index >= 15 is 0 Å². The molecule has 9 amide bonds. The number of methoxy groups -OCH3 is 1. The molecule has 28 nitrogen and oxygen atoms in total. The molecule has 2 fully saturated rings. The van der Waals surface area contributed by atoms with Crippen LogP contribution >= 0.6 is 0 Å². The van der Waals surface area contributed by atoms with E-state index in [1.54, 1.807) is 36.4 Å². The second kappa shape index (κ2) is 34.4. The zero-order valence-electron chi connectivity index (χ0n) is 56.8. The number of aliphatic hydroxyl groups is 3. The lowest BCUT2D eigenvalue weighted by Crippen LogP contribution is -2.50. The fourth-order valence-corrected chi connectivity index (χ4v) is 13.0. The number of benzene rings is 4. The maximum atomic E-state index is 14.4. The second-order valence-corrected chi connectivity index (χ2v) is 26.1. The molecule has 5 heterocycles. The highest BCUT2D eigenvalue weighted by molar-refractivity contribution is 6.58. The highest BCUT2D eigenvalue weighted by atomic mass is 16.6. The number of amides is 9. The number of nitrogens with two attached hydrogens (primary N) is 1. The van der Waals surface area contributed by atoms with E-state index in [9.17, 15) is 73.3 Å². The monoisotopic (exact) mass is 1390 g/mol. The van der Waals surface area contributed by atoms with Crippen molar-refractivity contribution in [3.05, 3.63) is 143 Å². The number of ketones is 2. The van der Waals surface area contributed by atoms with E-state index in [0.29, 0.717) is 66.4 Å². The summed E-state index contributed by atoms with van der Waals surface area (Å²) in [5, 5.41) is 58.9.